The van der Waals surface area contributed by atoms with E-state index in [2.05, 4.69) is 37.9 Å². The fourth-order valence-corrected chi connectivity index (χ4v) is 4.47. The van der Waals surface area contributed by atoms with Crippen molar-refractivity contribution in [2.45, 2.75) is 78.3 Å². The first-order valence-electron chi connectivity index (χ1n) is 9.13. The molecule has 0 radical (unpaired) electrons. The first-order valence-corrected chi connectivity index (χ1v) is 9.13. The Morgan fingerprint density at radius 3 is 2.55 bits per heavy atom. The topological polar surface area (TPSA) is 15.3 Å². The Bertz CT molecular complexity index is 277. The van der Waals surface area contributed by atoms with E-state index in [4.69, 9.17) is 0 Å². The minimum absolute atomic E-state index is 0.749. The van der Waals surface area contributed by atoms with Gasteiger partial charge in [-0.25, -0.2) is 0 Å². The molecule has 2 heteroatoms. The van der Waals surface area contributed by atoms with E-state index < -0.39 is 0 Å². The fourth-order valence-electron chi connectivity index (χ4n) is 4.47. The molecule has 1 aliphatic heterocycles. The molecule has 1 N–H and O–H groups in total. The van der Waals surface area contributed by atoms with Gasteiger partial charge in [0.25, 0.3) is 0 Å². The number of hydrogen-bond acceptors (Lipinski definition) is 2. The van der Waals surface area contributed by atoms with E-state index in [-0.39, 0.29) is 0 Å². The van der Waals surface area contributed by atoms with Crippen LogP contribution < -0.4 is 5.32 Å². The van der Waals surface area contributed by atoms with Gasteiger partial charge in [-0.2, -0.15) is 0 Å². The summed E-state index contributed by atoms with van der Waals surface area (Å²) in [5, 5.41) is 3.78. The molecule has 4 atom stereocenters. The van der Waals surface area contributed by atoms with Crippen molar-refractivity contribution in [3.05, 3.63) is 0 Å². The third-order valence-electron chi connectivity index (χ3n) is 5.76. The summed E-state index contributed by atoms with van der Waals surface area (Å²) in [5.74, 6) is 2.77. The second-order valence-electron chi connectivity index (χ2n) is 7.49. The molecule has 2 nitrogen and oxygen atoms in total. The highest BCUT2D eigenvalue weighted by molar-refractivity contribution is 4.94. The molecule has 0 aromatic rings. The van der Waals surface area contributed by atoms with E-state index in [1.54, 1.807) is 0 Å². The summed E-state index contributed by atoms with van der Waals surface area (Å²) in [6, 6.07) is 1.56. The molecular formula is C18H36N2. The molecule has 2 rings (SSSR count). The van der Waals surface area contributed by atoms with Crippen molar-refractivity contribution in [1.82, 2.24) is 10.2 Å². The van der Waals surface area contributed by atoms with Crippen LogP contribution in [0.2, 0.25) is 0 Å². The zero-order chi connectivity index (χ0) is 14.5. The lowest BCUT2D eigenvalue weighted by molar-refractivity contribution is 0.110. The molecule has 1 saturated heterocycles. The van der Waals surface area contributed by atoms with Crippen molar-refractivity contribution in [2.24, 2.45) is 17.8 Å². The van der Waals surface area contributed by atoms with E-state index >= 15 is 0 Å². The second-order valence-corrected chi connectivity index (χ2v) is 7.49. The van der Waals surface area contributed by atoms with Crippen molar-refractivity contribution < 1.29 is 0 Å². The van der Waals surface area contributed by atoms with Crippen LogP contribution in [-0.2, 0) is 0 Å². The van der Waals surface area contributed by atoms with Gasteiger partial charge in [-0.15, -0.1) is 0 Å². The molecule has 20 heavy (non-hydrogen) atoms. The number of nitrogens with one attached hydrogen (secondary N) is 1. The SMILES string of the molecule is CCCC1CCC(NCC)C(N2CCC(C(C)C)C2)C1. The summed E-state index contributed by atoms with van der Waals surface area (Å²) in [4.78, 5) is 2.83. The van der Waals surface area contributed by atoms with Gasteiger partial charge in [-0.3, -0.25) is 4.90 Å². The summed E-state index contributed by atoms with van der Waals surface area (Å²) in [6.45, 7) is 13.2. The fraction of sp³-hybridized carbons (Fsp3) is 1.00. The molecule has 0 amide bonds. The molecule has 2 aliphatic rings. The zero-order valence-corrected chi connectivity index (χ0v) is 14.2. The lowest BCUT2D eigenvalue weighted by Crippen LogP contribution is -2.52. The average molecular weight is 281 g/mol. The van der Waals surface area contributed by atoms with Crippen LogP contribution in [0.4, 0.5) is 0 Å². The summed E-state index contributed by atoms with van der Waals surface area (Å²) < 4.78 is 0. The van der Waals surface area contributed by atoms with Crippen molar-refractivity contribution in [3.63, 3.8) is 0 Å². The van der Waals surface area contributed by atoms with Crippen LogP contribution in [0.15, 0.2) is 0 Å². The molecule has 0 aromatic heterocycles. The highest BCUT2D eigenvalue weighted by Crippen LogP contribution is 2.34. The van der Waals surface area contributed by atoms with Crippen LogP contribution in [0.1, 0.15) is 66.2 Å². The Labute approximate surface area is 126 Å². The van der Waals surface area contributed by atoms with Gasteiger partial charge < -0.3 is 5.32 Å². The van der Waals surface area contributed by atoms with Crippen molar-refractivity contribution in [3.8, 4) is 0 Å². The first-order chi connectivity index (χ1) is 9.65. The van der Waals surface area contributed by atoms with Crippen molar-refractivity contribution in [1.29, 1.82) is 0 Å². The first kappa shape index (κ1) is 16.3. The predicted octanol–water partition coefficient (Wildman–Crippen LogP) is 3.91. The van der Waals surface area contributed by atoms with Crippen molar-refractivity contribution in [2.75, 3.05) is 19.6 Å². The number of likely N-dealkylation sites (N-methyl/N-ethyl adjacent to an activating group) is 1. The lowest BCUT2D eigenvalue weighted by Gasteiger charge is -2.42. The van der Waals surface area contributed by atoms with Gasteiger partial charge in [-0.05, 0) is 56.5 Å². The average Bonchev–Trinajstić information content (AvgIpc) is 2.91. The Morgan fingerprint density at radius 1 is 1.15 bits per heavy atom. The number of nitrogens with zero attached hydrogens (tertiary/aromatic N) is 1. The molecule has 1 saturated carbocycles. The van der Waals surface area contributed by atoms with E-state index in [0.717, 1.165) is 36.4 Å². The highest BCUT2D eigenvalue weighted by atomic mass is 15.2. The third kappa shape index (κ3) is 3.98. The smallest absolute Gasteiger partial charge is 0.0252 e. The monoisotopic (exact) mass is 280 g/mol. The Kier molecular flexibility index (Phi) is 6.35. The van der Waals surface area contributed by atoms with Crippen LogP contribution in [0.25, 0.3) is 0 Å². The highest BCUT2D eigenvalue weighted by Gasteiger charge is 2.37. The minimum Gasteiger partial charge on any atom is -0.313 e. The van der Waals surface area contributed by atoms with Crippen LogP contribution in [0, 0.1) is 17.8 Å². The zero-order valence-electron chi connectivity index (χ0n) is 14.2. The van der Waals surface area contributed by atoms with Crippen LogP contribution >= 0.6 is 0 Å². The van der Waals surface area contributed by atoms with Gasteiger partial charge >= 0.3 is 0 Å². The van der Waals surface area contributed by atoms with E-state index in [0.29, 0.717) is 0 Å². The summed E-state index contributed by atoms with van der Waals surface area (Å²) in [6.07, 6.45) is 8.51. The summed E-state index contributed by atoms with van der Waals surface area (Å²) in [5.41, 5.74) is 0. The summed E-state index contributed by atoms with van der Waals surface area (Å²) >= 11 is 0. The molecule has 0 bridgehead atoms. The Morgan fingerprint density at radius 2 is 1.95 bits per heavy atom. The maximum absolute atomic E-state index is 3.78. The molecule has 1 aliphatic carbocycles. The Balaban J connectivity index is 1.96. The van der Waals surface area contributed by atoms with E-state index in [1.807, 2.05) is 0 Å². The van der Waals surface area contributed by atoms with Gasteiger partial charge in [0.05, 0.1) is 0 Å². The molecule has 0 spiro atoms. The molecule has 0 aromatic carbocycles. The van der Waals surface area contributed by atoms with Gasteiger partial charge in [0, 0.05) is 18.6 Å². The van der Waals surface area contributed by atoms with Gasteiger partial charge in [-0.1, -0.05) is 40.5 Å². The normalized spacial score (nSPS) is 35.9. The van der Waals surface area contributed by atoms with Crippen LogP contribution in [0.5, 0.6) is 0 Å². The number of rotatable bonds is 6. The van der Waals surface area contributed by atoms with Crippen LogP contribution in [0.3, 0.4) is 0 Å². The van der Waals surface area contributed by atoms with Crippen LogP contribution in [-0.4, -0.2) is 36.6 Å². The number of likely N-dealkylation sites (tertiary alicyclic amines) is 1. The van der Waals surface area contributed by atoms with Gasteiger partial charge in [0.1, 0.15) is 0 Å². The molecular weight excluding hydrogens is 244 g/mol. The minimum atomic E-state index is 0.749. The standard InChI is InChI=1S/C18H36N2/c1-5-7-15-8-9-17(19-6-2)18(12-15)20-11-10-16(13-20)14(3)4/h14-19H,5-13H2,1-4H3. The van der Waals surface area contributed by atoms with E-state index in [9.17, 15) is 0 Å². The van der Waals surface area contributed by atoms with E-state index in [1.165, 1.54) is 51.6 Å². The molecule has 118 valence electrons. The molecule has 2 fully saturated rings. The van der Waals surface area contributed by atoms with Gasteiger partial charge in [0.15, 0.2) is 0 Å². The predicted molar refractivity (Wildman–Crippen MR) is 88.0 cm³/mol. The lowest BCUT2D eigenvalue weighted by atomic mass is 9.79. The van der Waals surface area contributed by atoms with Gasteiger partial charge in [0.2, 0.25) is 0 Å². The Hall–Kier alpha value is -0.0800. The molecule has 4 unspecified atom stereocenters. The maximum atomic E-state index is 3.78. The quantitative estimate of drug-likeness (QED) is 0.793. The van der Waals surface area contributed by atoms with Crippen molar-refractivity contribution >= 4 is 0 Å². The summed E-state index contributed by atoms with van der Waals surface area (Å²) in [7, 11) is 0. The maximum Gasteiger partial charge on any atom is 0.0252 e. The molecule has 1 heterocycles. The number of hydrogen-bond donors (Lipinski definition) is 1. The largest absolute Gasteiger partial charge is 0.313 e. The third-order valence-corrected chi connectivity index (χ3v) is 5.76. The second kappa shape index (κ2) is 7.79.